The molecule has 0 aromatic rings. The minimum atomic E-state index is -0.518. The van der Waals surface area contributed by atoms with E-state index < -0.39 is 6.09 Å². The van der Waals surface area contributed by atoms with Gasteiger partial charge >= 0.3 is 6.09 Å². The molecule has 0 bridgehead atoms. The summed E-state index contributed by atoms with van der Waals surface area (Å²) in [7, 11) is 1.30. The highest BCUT2D eigenvalue weighted by atomic mass is 16.5. The number of methoxy groups -OCH3 is 1. The average molecular weight is 199 g/mol. The van der Waals surface area contributed by atoms with Crippen LogP contribution in [0.5, 0.6) is 0 Å². The van der Waals surface area contributed by atoms with Gasteiger partial charge in [-0.1, -0.05) is 13.8 Å². The Morgan fingerprint density at radius 1 is 1.36 bits per heavy atom. The molecule has 1 atom stereocenters. The van der Waals surface area contributed by atoms with Gasteiger partial charge in [-0.2, -0.15) is 0 Å². The number of alkyl carbamates (subject to hydrolysis) is 1. The lowest BCUT2D eigenvalue weighted by molar-refractivity contribution is -0.124. The topological polar surface area (TPSA) is 55.4 Å². The minimum absolute atomic E-state index is 0.0437. The molecular weight excluding hydrogens is 182 g/mol. The fraction of sp³-hybridized carbons (Fsp3) is 0.800. The van der Waals surface area contributed by atoms with Crippen LogP contribution in [0.3, 0.4) is 0 Å². The monoisotopic (exact) mass is 199 g/mol. The van der Waals surface area contributed by atoms with E-state index in [-0.39, 0.29) is 17.7 Å². The molecule has 0 heterocycles. The smallest absolute Gasteiger partial charge is 0.407 e. The second-order valence-electron chi connectivity index (χ2n) is 4.01. The van der Waals surface area contributed by atoms with Crippen molar-refractivity contribution in [3.8, 4) is 0 Å². The van der Waals surface area contributed by atoms with Crippen LogP contribution in [0.15, 0.2) is 0 Å². The number of nitrogens with one attached hydrogen (secondary N) is 1. The summed E-state index contributed by atoms with van der Waals surface area (Å²) in [5.41, 5.74) is 0. The molecule has 0 spiro atoms. The molecule has 1 aliphatic rings. The number of carbonyl (C=O) groups is 2. The van der Waals surface area contributed by atoms with Crippen molar-refractivity contribution < 1.29 is 14.3 Å². The molecule has 1 amide bonds. The fourth-order valence-electron chi connectivity index (χ4n) is 1.40. The summed E-state index contributed by atoms with van der Waals surface area (Å²) < 4.78 is 4.49. The molecule has 14 heavy (non-hydrogen) atoms. The normalized spacial score (nSPS) is 17.7. The fourth-order valence-corrected chi connectivity index (χ4v) is 1.40. The first kappa shape index (κ1) is 11.0. The predicted octanol–water partition coefficient (Wildman–Crippen LogP) is 1.35. The summed E-state index contributed by atoms with van der Waals surface area (Å²) in [6.07, 6.45) is 1.52. The SMILES string of the molecule is COC(=O)N[C@H](C(=O)C(C)C)C1CC1. The summed E-state index contributed by atoms with van der Waals surface area (Å²) in [6.45, 7) is 3.69. The van der Waals surface area contributed by atoms with Gasteiger partial charge in [0.05, 0.1) is 13.2 Å². The molecule has 1 aliphatic carbocycles. The number of carbonyl (C=O) groups excluding carboxylic acids is 2. The zero-order chi connectivity index (χ0) is 10.7. The molecule has 0 aromatic heterocycles. The summed E-state index contributed by atoms with van der Waals surface area (Å²) in [4.78, 5) is 22.7. The third kappa shape index (κ3) is 2.72. The highest BCUT2D eigenvalue weighted by molar-refractivity contribution is 5.89. The van der Waals surface area contributed by atoms with Gasteiger partial charge in [0.25, 0.3) is 0 Å². The zero-order valence-electron chi connectivity index (χ0n) is 8.87. The van der Waals surface area contributed by atoms with Crippen molar-refractivity contribution in [3.63, 3.8) is 0 Å². The molecule has 1 rings (SSSR count). The number of rotatable bonds is 4. The molecular formula is C10H17NO3. The highest BCUT2D eigenvalue weighted by Gasteiger charge is 2.38. The maximum absolute atomic E-state index is 11.7. The van der Waals surface area contributed by atoms with Crippen LogP contribution in [0.4, 0.5) is 4.79 Å². The number of hydrogen-bond acceptors (Lipinski definition) is 3. The quantitative estimate of drug-likeness (QED) is 0.743. The Kier molecular flexibility index (Phi) is 3.49. The van der Waals surface area contributed by atoms with Crippen LogP contribution < -0.4 is 5.32 Å². The second-order valence-corrected chi connectivity index (χ2v) is 4.01. The van der Waals surface area contributed by atoms with E-state index in [9.17, 15) is 9.59 Å². The van der Waals surface area contributed by atoms with Gasteiger partial charge in [-0.05, 0) is 18.8 Å². The van der Waals surface area contributed by atoms with Crippen LogP contribution in [-0.2, 0) is 9.53 Å². The van der Waals surface area contributed by atoms with Crippen molar-refractivity contribution >= 4 is 11.9 Å². The molecule has 0 aliphatic heterocycles. The Labute approximate surface area is 84.0 Å². The molecule has 4 nitrogen and oxygen atoms in total. The van der Waals surface area contributed by atoms with Crippen molar-refractivity contribution in [2.75, 3.05) is 7.11 Å². The maximum Gasteiger partial charge on any atom is 0.407 e. The lowest BCUT2D eigenvalue weighted by atomic mass is 9.98. The third-order valence-electron chi connectivity index (χ3n) is 2.43. The standard InChI is InChI=1S/C10H17NO3/c1-6(2)9(12)8(7-4-5-7)11-10(13)14-3/h6-8H,4-5H2,1-3H3,(H,11,13)/t8-/m0/s1. The molecule has 0 unspecified atom stereocenters. The zero-order valence-corrected chi connectivity index (χ0v) is 8.87. The first-order valence-corrected chi connectivity index (χ1v) is 4.94. The van der Waals surface area contributed by atoms with Crippen molar-refractivity contribution in [1.29, 1.82) is 0 Å². The van der Waals surface area contributed by atoms with Gasteiger partial charge in [0.2, 0.25) is 0 Å². The lowest BCUT2D eigenvalue weighted by Crippen LogP contribution is -2.44. The predicted molar refractivity (Wildman–Crippen MR) is 51.9 cm³/mol. The van der Waals surface area contributed by atoms with E-state index in [0.29, 0.717) is 5.92 Å². The van der Waals surface area contributed by atoms with E-state index in [4.69, 9.17) is 0 Å². The summed E-state index contributed by atoms with van der Waals surface area (Å²) in [5.74, 6) is 0.375. The summed E-state index contributed by atoms with van der Waals surface area (Å²) in [5, 5.41) is 2.60. The average Bonchev–Trinajstić information content (AvgIpc) is 2.95. The van der Waals surface area contributed by atoms with E-state index in [1.165, 1.54) is 7.11 Å². The first-order valence-electron chi connectivity index (χ1n) is 4.94. The van der Waals surface area contributed by atoms with E-state index in [0.717, 1.165) is 12.8 Å². The number of hydrogen-bond donors (Lipinski definition) is 1. The summed E-state index contributed by atoms with van der Waals surface area (Å²) >= 11 is 0. The van der Waals surface area contributed by atoms with Crippen LogP contribution in [-0.4, -0.2) is 25.0 Å². The molecule has 1 saturated carbocycles. The maximum atomic E-state index is 11.7. The van der Waals surface area contributed by atoms with E-state index in [1.807, 2.05) is 13.8 Å². The number of Topliss-reactive ketones (excluding diaryl/α,β-unsaturated/α-hetero) is 1. The Morgan fingerprint density at radius 2 is 1.93 bits per heavy atom. The molecule has 0 saturated heterocycles. The minimum Gasteiger partial charge on any atom is -0.453 e. The van der Waals surface area contributed by atoms with Crippen LogP contribution >= 0.6 is 0 Å². The van der Waals surface area contributed by atoms with Gasteiger partial charge in [-0.15, -0.1) is 0 Å². The van der Waals surface area contributed by atoms with Gasteiger partial charge in [-0.3, -0.25) is 4.79 Å². The van der Waals surface area contributed by atoms with E-state index in [1.54, 1.807) is 0 Å². The number of ketones is 1. The van der Waals surface area contributed by atoms with Gasteiger partial charge in [0.15, 0.2) is 5.78 Å². The summed E-state index contributed by atoms with van der Waals surface area (Å²) in [6, 6.07) is -0.345. The van der Waals surface area contributed by atoms with Crippen LogP contribution in [0.2, 0.25) is 0 Å². The molecule has 1 fully saturated rings. The van der Waals surface area contributed by atoms with Gasteiger partial charge in [0.1, 0.15) is 0 Å². The van der Waals surface area contributed by atoms with Crippen molar-refractivity contribution in [2.24, 2.45) is 11.8 Å². The van der Waals surface area contributed by atoms with Crippen molar-refractivity contribution in [1.82, 2.24) is 5.32 Å². The Morgan fingerprint density at radius 3 is 2.29 bits per heavy atom. The Hall–Kier alpha value is -1.06. The van der Waals surface area contributed by atoms with Crippen LogP contribution in [0.1, 0.15) is 26.7 Å². The van der Waals surface area contributed by atoms with Gasteiger partial charge in [-0.25, -0.2) is 4.79 Å². The Bertz CT molecular complexity index is 234. The van der Waals surface area contributed by atoms with E-state index in [2.05, 4.69) is 10.1 Å². The van der Waals surface area contributed by atoms with Crippen molar-refractivity contribution in [2.45, 2.75) is 32.7 Å². The van der Waals surface area contributed by atoms with Crippen molar-refractivity contribution in [3.05, 3.63) is 0 Å². The second kappa shape index (κ2) is 4.44. The van der Waals surface area contributed by atoms with Crippen LogP contribution in [0, 0.1) is 11.8 Å². The molecule has 0 aromatic carbocycles. The van der Waals surface area contributed by atoms with Gasteiger partial charge < -0.3 is 10.1 Å². The first-order chi connectivity index (χ1) is 6.56. The number of amides is 1. The Balaban J connectivity index is 2.55. The third-order valence-corrected chi connectivity index (χ3v) is 2.43. The number of ether oxygens (including phenoxy) is 1. The van der Waals surface area contributed by atoms with Crippen LogP contribution in [0.25, 0.3) is 0 Å². The largest absolute Gasteiger partial charge is 0.453 e. The van der Waals surface area contributed by atoms with Gasteiger partial charge in [0, 0.05) is 5.92 Å². The highest BCUT2D eigenvalue weighted by Crippen LogP contribution is 2.34. The lowest BCUT2D eigenvalue weighted by Gasteiger charge is -2.17. The molecule has 0 radical (unpaired) electrons. The van der Waals surface area contributed by atoms with E-state index >= 15 is 0 Å². The molecule has 80 valence electrons. The molecule has 1 N–H and O–H groups in total. The molecule has 4 heteroatoms.